The summed E-state index contributed by atoms with van der Waals surface area (Å²) in [6, 6.07) is 5.62. The summed E-state index contributed by atoms with van der Waals surface area (Å²) < 4.78 is 13.3. The highest BCUT2D eigenvalue weighted by Crippen LogP contribution is 2.40. The Bertz CT molecular complexity index is 759. The van der Waals surface area contributed by atoms with Crippen molar-refractivity contribution in [1.82, 2.24) is 0 Å². The molecule has 1 fully saturated rings. The van der Waals surface area contributed by atoms with Crippen LogP contribution in [0.2, 0.25) is 0 Å². The lowest BCUT2D eigenvalue weighted by Gasteiger charge is -2.25. The van der Waals surface area contributed by atoms with Gasteiger partial charge in [-0.3, -0.25) is 14.4 Å². The zero-order valence-corrected chi connectivity index (χ0v) is 14.3. The minimum absolute atomic E-state index is 0.0225. The van der Waals surface area contributed by atoms with E-state index in [4.69, 9.17) is 0 Å². The molecule has 3 unspecified atom stereocenters. The molecule has 0 amide bonds. The minimum atomic E-state index is -1.16. The minimum Gasteiger partial charge on any atom is -0.481 e. The van der Waals surface area contributed by atoms with Crippen molar-refractivity contribution in [2.24, 2.45) is 17.8 Å². The van der Waals surface area contributed by atoms with Gasteiger partial charge in [-0.15, -0.1) is 0 Å². The number of carbonyl (C=O) groups is 3. The number of benzene rings is 1. The smallest absolute Gasteiger partial charge is 0.314 e. The van der Waals surface area contributed by atoms with E-state index in [9.17, 15) is 23.9 Å². The summed E-state index contributed by atoms with van der Waals surface area (Å²) in [6.45, 7) is 0. The van der Waals surface area contributed by atoms with Gasteiger partial charge in [0.05, 0.1) is 0 Å². The highest BCUT2D eigenvalue weighted by Gasteiger charge is 2.43. The van der Waals surface area contributed by atoms with Crippen molar-refractivity contribution in [2.45, 2.75) is 31.6 Å². The third kappa shape index (κ3) is 4.15. The maximum absolute atomic E-state index is 13.3. The van der Waals surface area contributed by atoms with Gasteiger partial charge in [0, 0.05) is 17.8 Å². The van der Waals surface area contributed by atoms with Gasteiger partial charge in [-0.1, -0.05) is 30.4 Å². The van der Waals surface area contributed by atoms with Crippen molar-refractivity contribution in [3.05, 3.63) is 60.0 Å². The second kappa shape index (κ2) is 7.77. The Morgan fingerprint density at radius 1 is 1.15 bits per heavy atom. The molecule has 1 saturated carbocycles. The first-order valence-corrected chi connectivity index (χ1v) is 8.88. The van der Waals surface area contributed by atoms with E-state index in [1.807, 2.05) is 0 Å². The quantitative estimate of drug-likeness (QED) is 0.721. The number of carboxylic acid groups (broad SMARTS) is 1. The fourth-order valence-corrected chi connectivity index (χ4v) is 3.51. The van der Waals surface area contributed by atoms with Crippen molar-refractivity contribution in [3.8, 4) is 0 Å². The van der Waals surface area contributed by atoms with Crippen molar-refractivity contribution in [3.63, 3.8) is 0 Å². The van der Waals surface area contributed by atoms with Gasteiger partial charge in [-0.2, -0.15) is 0 Å². The van der Waals surface area contributed by atoms with Crippen LogP contribution in [-0.4, -0.2) is 22.6 Å². The standard InChI is InChI=1S/C21H21FO4/c22-16-10-7-13(8-11-16)17(12-9-14-3-1-2-4-18(14)23)19(21(25)26)20(24)15-5-6-15/h1-4,7-8,10-11,14-15,17,19H,5-6,9,12H2,(H,25,26). The molecule has 2 aliphatic rings. The van der Waals surface area contributed by atoms with E-state index in [1.54, 1.807) is 18.2 Å². The second-order valence-corrected chi connectivity index (χ2v) is 6.98. The lowest BCUT2D eigenvalue weighted by Crippen LogP contribution is -2.32. The largest absolute Gasteiger partial charge is 0.481 e. The molecule has 0 heterocycles. The monoisotopic (exact) mass is 356 g/mol. The molecule has 5 heteroatoms. The Labute approximate surface area is 151 Å². The third-order valence-corrected chi connectivity index (χ3v) is 5.12. The first-order chi connectivity index (χ1) is 12.5. The summed E-state index contributed by atoms with van der Waals surface area (Å²) in [5, 5.41) is 9.71. The highest BCUT2D eigenvalue weighted by atomic mass is 19.1. The number of aliphatic carboxylic acids is 1. The lowest BCUT2D eigenvalue weighted by molar-refractivity contribution is -0.147. The number of hydrogen-bond acceptors (Lipinski definition) is 3. The molecular formula is C21H21FO4. The van der Waals surface area contributed by atoms with E-state index in [0.717, 1.165) is 12.8 Å². The molecule has 2 aliphatic carbocycles. The average molecular weight is 356 g/mol. The Balaban J connectivity index is 1.85. The molecule has 1 aromatic carbocycles. The third-order valence-electron chi connectivity index (χ3n) is 5.12. The maximum atomic E-state index is 13.3. The van der Waals surface area contributed by atoms with Crippen molar-refractivity contribution in [2.75, 3.05) is 0 Å². The molecule has 0 radical (unpaired) electrons. The molecule has 0 saturated heterocycles. The van der Waals surface area contributed by atoms with E-state index in [2.05, 4.69) is 0 Å². The molecule has 1 aromatic rings. The van der Waals surface area contributed by atoms with Gasteiger partial charge in [0.2, 0.25) is 0 Å². The number of carbonyl (C=O) groups excluding carboxylic acids is 2. The molecule has 0 aliphatic heterocycles. The van der Waals surface area contributed by atoms with E-state index < -0.39 is 23.6 Å². The zero-order valence-electron chi connectivity index (χ0n) is 14.3. The maximum Gasteiger partial charge on any atom is 0.314 e. The molecule has 136 valence electrons. The molecule has 0 aromatic heterocycles. The van der Waals surface area contributed by atoms with Gasteiger partial charge >= 0.3 is 5.97 Å². The summed E-state index contributed by atoms with van der Waals surface area (Å²) >= 11 is 0. The van der Waals surface area contributed by atoms with Crippen LogP contribution in [0.25, 0.3) is 0 Å². The molecular weight excluding hydrogens is 335 g/mol. The topological polar surface area (TPSA) is 71.4 Å². The van der Waals surface area contributed by atoms with E-state index in [-0.39, 0.29) is 23.4 Å². The van der Waals surface area contributed by atoms with Crippen LogP contribution in [-0.2, 0) is 14.4 Å². The Morgan fingerprint density at radius 2 is 1.85 bits per heavy atom. The number of ketones is 2. The van der Waals surface area contributed by atoms with Crippen molar-refractivity contribution < 1.29 is 23.9 Å². The Kier molecular flexibility index (Phi) is 5.45. The van der Waals surface area contributed by atoms with Crippen LogP contribution in [0.4, 0.5) is 4.39 Å². The van der Waals surface area contributed by atoms with Gasteiger partial charge in [0.15, 0.2) is 11.6 Å². The summed E-state index contributed by atoms with van der Waals surface area (Å²) in [4.78, 5) is 36.5. The molecule has 1 N–H and O–H groups in total. The van der Waals surface area contributed by atoms with Gasteiger partial charge < -0.3 is 5.11 Å². The van der Waals surface area contributed by atoms with E-state index >= 15 is 0 Å². The van der Waals surface area contributed by atoms with Crippen LogP contribution < -0.4 is 0 Å². The Hall–Kier alpha value is -2.56. The van der Waals surface area contributed by atoms with Crippen LogP contribution in [0, 0.1) is 23.6 Å². The summed E-state index contributed by atoms with van der Waals surface area (Å²) in [7, 11) is 0. The van der Waals surface area contributed by atoms with Gasteiger partial charge in [-0.05, 0) is 49.5 Å². The first-order valence-electron chi connectivity index (χ1n) is 8.88. The number of Topliss-reactive ketones (excluding diaryl/α,β-unsaturated/α-hetero) is 1. The van der Waals surface area contributed by atoms with Crippen LogP contribution >= 0.6 is 0 Å². The number of hydrogen-bond donors (Lipinski definition) is 1. The summed E-state index contributed by atoms with van der Waals surface area (Å²) in [5.74, 6) is -4.07. The molecule has 3 atom stereocenters. The zero-order chi connectivity index (χ0) is 18.7. The van der Waals surface area contributed by atoms with Gasteiger partial charge in [0.1, 0.15) is 11.7 Å². The van der Waals surface area contributed by atoms with E-state index in [0.29, 0.717) is 18.4 Å². The van der Waals surface area contributed by atoms with Crippen LogP contribution in [0.15, 0.2) is 48.6 Å². The fourth-order valence-electron chi connectivity index (χ4n) is 3.51. The SMILES string of the molecule is O=C1C=CC=CC1CCC(c1ccc(F)cc1)C(C(=O)O)C(=O)C1CC1. The Morgan fingerprint density at radius 3 is 2.42 bits per heavy atom. The first kappa shape index (κ1) is 18.2. The van der Waals surface area contributed by atoms with Gasteiger partial charge in [0.25, 0.3) is 0 Å². The highest BCUT2D eigenvalue weighted by molar-refractivity contribution is 6.01. The second-order valence-electron chi connectivity index (χ2n) is 6.98. The van der Waals surface area contributed by atoms with Crippen LogP contribution in [0.1, 0.15) is 37.2 Å². The number of rotatable bonds is 8. The summed E-state index contributed by atoms with van der Waals surface area (Å²) in [6.07, 6.45) is 9.04. The van der Waals surface area contributed by atoms with Crippen molar-refractivity contribution >= 4 is 17.5 Å². The van der Waals surface area contributed by atoms with Gasteiger partial charge in [-0.25, -0.2) is 4.39 Å². The normalized spacial score (nSPS) is 21.4. The van der Waals surface area contributed by atoms with E-state index in [1.165, 1.54) is 30.3 Å². The molecule has 0 spiro atoms. The predicted octanol–water partition coefficient (Wildman–Crippen LogP) is 3.68. The molecule has 4 nitrogen and oxygen atoms in total. The van der Waals surface area contributed by atoms with Crippen LogP contribution in [0.3, 0.4) is 0 Å². The molecule has 0 bridgehead atoms. The van der Waals surface area contributed by atoms with Crippen molar-refractivity contribution in [1.29, 1.82) is 0 Å². The number of allylic oxidation sites excluding steroid dienone is 4. The molecule has 3 rings (SSSR count). The fraction of sp³-hybridized carbons (Fsp3) is 0.381. The number of carboxylic acids is 1. The summed E-state index contributed by atoms with van der Waals surface area (Å²) in [5.41, 5.74) is 0.621. The average Bonchev–Trinajstić information content (AvgIpc) is 3.45. The predicted molar refractivity (Wildman–Crippen MR) is 94.0 cm³/mol. The lowest BCUT2D eigenvalue weighted by atomic mass is 9.77. The van der Waals surface area contributed by atoms with Crippen LogP contribution in [0.5, 0.6) is 0 Å². The number of halogens is 1. The molecule has 26 heavy (non-hydrogen) atoms.